The molecule has 3 aromatic rings. The van der Waals surface area contributed by atoms with Gasteiger partial charge in [-0.3, -0.25) is 9.36 Å². The molecule has 0 radical (unpaired) electrons. The van der Waals surface area contributed by atoms with E-state index in [1.807, 2.05) is 0 Å². The van der Waals surface area contributed by atoms with Gasteiger partial charge in [-0.05, 0) is 24.3 Å². The van der Waals surface area contributed by atoms with E-state index in [0.29, 0.717) is 22.2 Å². The van der Waals surface area contributed by atoms with Crippen molar-refractivity contribution >= 4 is 16.6 Å². The van der Waals surface area contributed by atoms with Crippen LogP contribution in [0.1, 0.15) is 5.56 Å². The molecule has 2 N–H and O–H groups in total. The maximum atomic E-state index is 13.6. The zero-order chi connectivity index (χ0) is 14.1. The second kappa shape index (κ2) is 4.77. The maximum Gasteiger partial charge on any atom is 0.261 e. The van der Waals surface area contributed by atoms with Crippen LogP contribution in [-0.4, -0.2) is 9.55 Å². The van der Waals surface area contributed by atoms with E-state index >= 15 is 0 Å². The predicted molar refractivity (Wildman–Crippen MR) is 75.9 cm³/mol. The summed E-state index contributed by atoms with van der Waals surface area (Å²) in [7, 11) is 0. The molecule has 0 fully saturated rings. The summed E-state index contributed by atoms with van der Waals surface area (Å²) in [6.07, 6.45) is 1.42. The lowest BCUT2D eigenvalue weighted by Gasteiger charge is -2.07. The molecule has 0 saturated carbocycles. The second-order valence-electron chi connectivity index (χ2n) is 4.55. The first kappa shape index (κ1) is 12.3. The Morgan fingerprint density at radius 3 is 2.80 bits per heavy atom. The molecule has 0 bridgehead atoms. The van der Waals surface area contributed by atoms with Gasteiger partial charge in [-0.1, -0.05) is 18.2 Å². The van der Waals surface area contributed by atoms with E-state index in [9.17, 15) is 9.18 Å². The molecule has 5 heteroatoms. The Kier molecular flexibility index (Phi) is 2.95. The minimum atomic E-state index is -0.341. The summed E-state index contributed by atoms with van der Waals surface area (Å²) >= 11 is 0. The molecule has 0 amide bonds. The molecule has 0 unspecified atom stereocenters. The molecular formula is C15H12FN3O. The maximum absolute atomic E-state index is 13.6. The number of fused-ring (bicyclic) bond motifs is 1. The van der Waals surface area contributed by atoms with Crippen LogP contribution < -0.4 is 11.3 Å². The van der Waals surface area contributed by atoms with Crippen LogP contribution in [0.25, 0.3) is 10.9 Å². The van der Waals surface area contributed by atoms with Crippen molar-refractivity contribution in [2.75, 3.05) is 5.73 Å². The lowest BCUT2D eigenvalue weighted by atomic mass is 10.2. The minimum Gasteiger partial charge on any atom is -0.399 e. The van der Waals surface area contributed by atoms with Gasteiger partial charge in [0.2, 0.25) is 0 Å². The molecule has 4 nitrogen and oxygen atoms in total. The van der Waals surface area contributed by atoms with Crippen LogP contribution in [0.2, 0.25) is 0 Å². The average molecular weight is 269 g/mol. The fourth-order valence-electron chi connectivity index (χ4n) is 2.10. The van der Waals surface area contributed by atoms with Gasteiger partial charge in [0, 0.05) is 11.3 Å². The van der Waals surface area contributed by atoms with Crippen molar-refractivity contribution in [2.24, 2.45) is 0 Å². The summed E-state index contributed by atoms with van der Waals surface area (Å²) in [5.41, 5.74) is 6.97. The molecule has 0 aliphatic heterocycles. The van der Waals surface area contributed by atoms with Gasteiger partial charge in [0.05, 0.1) is 23.8 Å². The van der Waals surface area contributed by atoms with Crippen LogP contribution in [0.15, 0.2) is 53.6 Å². The highest BCUT2D eigenvalue weighted by atomic mass is 19.1. The van der Waals surface area contributed by atoms with Crippen LogP contribution in [0.5, 0.6) is 0 Å². The molecule has 20 heavy (non-hydrogen) atoms. The van der Waals surface area contributed by atoms with Crippen molar-refractivity contribution in [1.82, 2.24) is 9.55 Å². The topological polar surface area (TPSA) is 60.9 Å². The van der Waals surface area contributed by atoms with Gasteiger partial charge >= 0.3 is 0 Å². The van der Waals surface area contributed by atoms with Crippen molar-refractivity contribution < 1.29 is 4.39 Å². The van der Waals surface area contributed by atoms with Crippen molar-refractivity contribution in [3.05, 3.63) is 70.5 Å². The Bertz CT molecular complexity index is 842. The smallest absolute Gasteiger partial charge is 0.261 e. The van der Waals surface area contributed by atoms with Gasteiger partial charge in [0.1, 0.15) is 5.82 Å². The summed E-state index contributed by atoms with van der Waals surface area (Å²) in [6.45, 7) is 0.142. The molecule has 1 aromatic heterocycles. The number of hydrogen-bond donors (Lipinski definition) is 1. The highest BCUT2D eigenvalue weighted by molar-refractivity contribution is 5.80. The quantitative estimate of drug-likeness (QED) is 0.725. The predicted octanol–water partition coefficient (Wildman–Crippen LogP) is 2.17. The molecule has 0 atom stereocenters. The van der Waals surface area contributed by atoms with Crippen molar-refractivity contribution in [2.45, 2.75) is 6.54 Å². The highest BCUT2D eigenvalue weighted by Gasteiger charge is 2.07. The highest BCUT2D eigenvalue weighted by Crippen LogP contribution is 2.12. The molecule has 0 aliphatic rings. The third kappa shape index (κ3) is 2.14. The SMILES string of the molecule is Nc1ccc2ncn(Cc3ccccc3F)c(=O)c2c1. The fraction of sp³-hybridized carbons (Fsp3) is 0.0667. The Labute approximate surface area is 114 Å². The number of benzene rings is 2. The van der Waals surface area contributed by atoms with Crippen LogP contribution in [0, 0.1) is 5.82 Å². The standard InChI is InChI=1S/C15H12FN3O/c16-13-4-2-1-3-10(13)8-19-9-18-14-6-5-11(17)7-12(14)15(19)20/h1-7,9H,8,17H2. The van der Waals surface area contributed by atoms with E-state index in [0.717, 1.165) is 0 Å². The largest absolute Gasteiger partial charge is 0.399 e. The Balaban J connectivity index is 2.11. The summed E-state index contributed by atoms with van der Waals surface area (Å²) in [4.78, 5) is 16.5. The van der Waals surface area contributed by atoms with Gasteiger partial charge < -0.3 is 5.73 Å². The van der Waals surface area contributed by atoms with Gasteiger partial charge in [-0.15, -0.1) is 0 Å². The van der Waals surface area contributed by atoms with E-state index < -0.39 is 0 Å². The number of nitrogens with two attached hydrogens (primary N) is 1. The summed E-state index contributed by atoms with van der Waals surface area (Å²) in [6, 6.07) is 11.3. The van der Waals surface area contributed by atoms with Crippen molar-refractivity contribution in [3.63, 3.8) is 0 Å². The number of nitrogens with zero attached hydrogens (tertiary/aromatic N) is 2. The molecule has 2 aromatic carbocycles. The average Bonchev–Trinajstić information content (AvgIpc) is 2.45. The third-order valence-electron chi connectivity index (χ3n) is 3.15. The number of aromatic nitrogens is 2. The fourth-order valence-corrected chi connectivity index (χ4v) is 2.10. The zero-order valence-electron chi connectivity index (χ0n) is 10.6. The molecular weight excluding hydrogens is 257 g/mol. The first-order valence-corrected chi connectivity index (χ1v) is 6.13. The molecule has 0 aliphatic carbocycles. The first-order chi connectivity index (χ1) is 9.65. The monoisotopic (exact) mass is 269 g/mol. The number of halogens is 1. The summed E-state index contributed by atoms with van der Waals surface area (Å²) in [5.74, 6) is -0.341. The Morgan fingerprint density at radius 2 is 2.00 bits per heavy atom. The summed E-state index contributed by atoms with van der Waals surface area (Å²) in [5, 5.41) is 0.434. The molecule has 3 rings (SSSR count). The summed E-state index contributed by atoms with van der Waals surface area (Å²) < 4.78 is 15.0. The Morgan fingerprint density at radius 1 is 1.20 bits per heavy atom. The van der Waals surface area contributed by atoms with Crippen molar-refractivity contribution in [3.8, 4) is 0 Å². The van der Waals surface area contributed by atoms with Crippen molar-refractivity contribution in [1.29, 1.82) is 0 Å². The van der Waals surface area contributed by atoms with Crippen LogP contribution in [0.4, 0.5) is 10.1 Å². The second-order valence-corrected chi connectivity index (χ2v) is 4.55. The lowest BCUT2D eigenvalue weighted by molar-refractivity contribution is 0.595. The normalized spacial score (nSPS) is 10.8. The van der Waals surface area contributed by atoms with Gasteiger partial charge in [-0.25, -0.2) is 9.37 Å². The number of anilines is 1. The molecule has 1 heterocycles. The van der Waals surface area contributed by atoms with Gasteiger partial charge in [-0.2, -0.15) is 0 Å². The van der Waals surface area contributed by atoms with Gasteiger partial charge in [0.25, 0.3) is 5.56 Å². The van der Waals surface area contributed by atoms with Gasteiger partial charge in [0.15, 0.2) is 0 Å². The first-order valence-electron chi connectivity index (χ1n) is 6.13. The van der Waals surface area contributed by atoms with E-state index in [-0.39, 0.29) is 17.9 Å². The van der Waals surface area contributed by atoms with Crippen LogP contribution >= 0.6 is 0 Å². The number of nitrogen functional groups attached to an aromatic ring is 1. The zero-order valence-corrected chi connectivity index (χ0v) is 10.6. The van der Waals surface area contributed by atoms with E-state index in [1.165, 1.54) is 17.0 Å². The Hall–Kier alpha value is -2.69. The molecule has 100 valence electrons. The van der Waals surface area contributed by atoms with E-state index in [4.69, 9.17) is 5.73 Å². The van der Waals surface area contributed by atoms with Crippen LogP contribution in [-0.2, 0) is 6.54 Å². The molecule has 0 spiro atoms. The number of hydrogen-bond acceptors (Lipinski definition) is 3. The number of rotatable bonds is 2. The minimum absolute atomic E-state index is 0.142. The van der Waals surface area contributed by atoms with Crippen LogP contribution in [0.3, 0.4) is 0 Å². The lowest BCUT2D eigenvalue weighted by Crippen LogP contribution is -2.21. The van der Waals surface area contributed by atoms with E-state index in [2.05, 4.69) is 4.98 Å². The molecule has 0 saturated heterocycles. The third-order valence-corrected chi connectivity index (χ3v) is 3.15. The van der Waals surface area contributed by atoms with E-state index in [1.54, 1.807) is 36.4 Å².